The lowest BCUT2D eigenvalue weighted by atomic mass is 9.98. The van der Waals surface area contributed by atoms with Crippen LogP contribution in [0.2, 0.25) is 0 Å². The number of aliphatic carboxylic acids is 1. The predicted octanol–water partition coefficient (Wildman–Crippen LogP) is 5.28. The van der Waals surface area contributed by atoms with Gasteiger partial charge in [0, 0.05) is 17.2 Å². The molecule has 0 bridgehead atoms. The summed E-state index contributed by atoms with van der Waals surface area (Å²) in [6, 6.07) is 21.5. The van der Waals surface area contributed by atoms with Crippen molar-refractivity contribution in [3.63, 3.8) is 0 Å². The summed E-state index contributed by atoms with van der Waals surface area (Å²) >= 11 is 0. The third-order valence-electron chi connectivity index (χ3n) is 6.50. The molecular weight excluding hydrogens is 444 g/mol. The molecule has 0 radical (unpaired) electrons. The summed E-state index contributed by atoms with van der Waals surface area (Å²) in [4.78, 5) is 36.4. The van der Waals surface area contributed by atoms with E-state index in [4.69, 9.17) is 4.74 Å². The first-order valence-corrected chi connectivity index (χ1v) is 11.6. The molecule has 0 saturated carbocycles. The summed E-state index contributed by atoms with van der Waals surface area (Å²) in [5, 5.41) is 14.6. The minimum Gasteiger partial charge on any atom is -0.480 e. The highest BCUT2D eigenvalue weighted by atomic mass is 16.5. The van der Waals surface area contributed by atoms with Gasteiger partial charge in [-0.1, -0.05) is 68.8 Å². The second-order valence-corrected chi connectivity index (χ2v) is 8.70. The van der Waals surface area contributed by atoms with E-state index in [1.165, 1.54) is 12.1 Å². The minimum absolute atomic E-state index is 0.0353. The van der Waals surface area contributed by atoms with E-state index in [2.05, 4.69) is 34.9 Å². The lowest BCUT2D eigenvalue weighted by Crippen LogP contribution is -2.45. The number of carboxylic acids is 1. The SMILES string of the molecule is CC[C@H](C)[C@H](NC(=O)c1ccc(NC(=O)OCC2c3ccccc3-c3ccccc32)cc1)C(=O)O. The van der Waals surface area contributed by atoms with Crippen LogP contribution >= 0.6 is 0 Å². The molecule has 0 unspecified atom stereocenters. The van der Waals surface area contributed by atoms with E-state index in [1.807, 2.05) is 31.2 Å². The highest BCUT2D eigenvalue weighted by Gasteiger charge is 2.29. The van der Waals surface area contributed by atoms with Crippen molar-refractivity contribution in [3.8, 4) is 11.1 Å². The third-order valence-corrected chi connectivity index (χ3v) is 6.50. The number of hydrogen-bond donors (Lipinski definition) is 3. The average Bonchev–Trinajstić information content (AvgIpc) is 3.19. The Morgan fingerprint density at radius 1 is 0.914 bits per heavy atom. The molecule has 1 aliphatic carbocycles. The predicted molar refractivity (Wildman–Crippen MR) is 133 cm³/mol. The summed E-state index contributed by atoms with van der Waals surface area (Å²) in [5.74, 6) is -1.79. The molecule has 35 heavy (non-hydrogen) atoms. The number of amides is 2. The maximum absolute atomic E-state index is 12.5. The average molecular weight is 473 g/mol. The number of rotatable bonds is 8. The van der Waals surface area contributed by atoms with Crippen molar-refractivity contribution in [2.24, 2.45) is 5.92 Å². The van der Waals surface area contributed by atoms with Gasteiger partial charge in [0.05, 0.1) is 0 Å². The Hall–Kier alpha value is -4.13. The number of hydrogen-bond acceptors (Lipinski definition) is 4. The van der Waals surface area contributed by atoms with Crippen LogP contribution in [0.1, 0.15) is 47.7 Å². The maximum atomic E-state index is 12.5. The van der Waals surface area contributed by atoms with Gasteiger partial charge < -0.3 is 15.2 Å². The van der Waals surface area contributed by atoms with Crippen molar-refractivity contribution in [3.05, 3.63) is 89.5 Å². The minimum atomic E-state index is -1.07. The van der Waals surface area contributed by atoms with E-state index in [0.717, 1.165) is 22.3 Å². The van der Waals surface area contributed by atoms with Crippen molar-refractivity contribution in [1.82, 2.24) is 5.32 Å². The Balaban J connectivity index is 1.36. The van der Waals surface area contributed by atoms with Gasteiger partial charge in [0.15, 0.2) is 0 Å². The van der Waals surface area contributed by atoms with E-state index < -0.39 is 24.0 Å². The van der Waals surface area contributed by atoms with Crippen LogP contribution in [0.25, 0.3) is 11.1 Å². The largest absolute Gasteiger partial charge is 0.480 e. The van der Waals surface area contributed by atoms with Crippen LogP contribution in [0.3, 0.4) is 0 Å². The van der Waals surface area contributed by atoms with E-state index in [0.29, 0.717) is 17.7 Å². The molecule has 0 heterocycles. The molecule has 0 fully saturated rings. The fourth-order valence-corrected chi connectivity index (χ4v) is 4.36. The number of carbonyl (C=O) groups is 3. The molecule has 1 aliphatic rings. The Labute approximate surface area is 204 Å². The zero-order chi connectivity index (χ0) is 24.9. The van der Waals surface area contributed by atoms with Crippen LogP contribution in [-0.2, 0) is 9.53 Å². The van der Waals surface area contributed by atoms with Crippen LogP contribution < -0.4 is 10.6 Å². The molecule has 0 aliphatic heterocycles. The summed E-state index contributed by atoms with van der Waals surface area (Å²) < 4.78 is 5.54. The van der Waals surface area contributed by atoms with Crippen molar-refractivity contribution in [2.45, 2.75) is 32.2 Å². The number of carbonyl (C=O) groups excluding carboxylic acids is 2. The van der Waals surface area contributed by atoms with Crippen LogP contribution in [0.5, 0.6) is 0 Å². The van der Waals surface area contributed by atoms with Crippen LogP contribution in [-0.4, -0.2) is 35.7 Å². The highest BCUT2D eigenvalue weighted by molar-refractivity contribution is 5.97. The Bertz CT molecular complexity index is 1190. The molecule has 7 nitrogen and oxygen atoms in total. The summed E-state index contributed by atoms with van der Waals surface area (Å²) in [5.41, 5.74) is 5.35. The molecule has 4 rings (SSSR count). The molecule has 7 heteroatoms. The van der Waals surface area contributed by atoms with Gasteiger partial charge in [-0.15, -0.1) is 0 Å². The second kappa shape index (κ2) is 10.4. The number of nitrogens with one attached hydrogen (secondary N) is 2. The van der Waals surface area contributed by atoms with E-state index in [1.54, 1.807) is 19.1 Å². The quantitative estimate of drug-likeness (QED) is 0.414. The molecule has 3 aromatic rings. The topological polar surface area (TPSA) is 105 Å². The molecule has 3 N–H and O–H groups in total. The van der Waals surface area contributed by atoms with E-state index in [-0.39, 0.29) is 18.4 Å². The molecule has 0 aromatic heterocycles. The molecular formula is C28H28N2O5. The normalized spacial score (nSPS) is 13.8. The summed E-state index contributed by atoms with van der Waals surface area (Å²) in [6.45, 7) is 3.85. The number of ether oxygens (including phenoxy) is 1. The van der Waals surface area contributed by atoms with E-state index in [9.17, 15) is 19.5 Å². The van der Waals surface area contributed by atoms with Crippen LogP contribution in [0.15, 0.2) is 72.8 Å². The van der Waals surface area contributed by atoms with Crippen molar-refractivity contribution in [1.29, 1.82) is 0 Å². The van der Waals surface area contributed by atoms with Crippen LogP contribution in [0.4, 0.5) is 10.5 Å². The van der Waals surface area contributed by atoms with Crippen molar-refractivity contribution in [2.75, 3.05) is 11.9 Å². The fraction of sp³-hybridized carbons (Fsp3) is 0.250. The van der Waals surface area contributed by atoms with Gasteiger partial charge in [-0.25, -0.2) is 9.59 Å². The molecule has 180 valence electrons. The Morgan fingerprint density at radius 2 is 1.49 bits per heavy atom. The lowest BCUT2D eigenvalue weighted by molar-refractivity contribution is -0.140. The van der Waals surface area contributed by atoms with Gasteiger partial charge in [-0.05, 0) is 52.4 Å². The summed E-state index contributed by atoms with van der Waals surface area (Å²) in [7, 11) is 0. The van der Waals surface area contributed by atoms with Gasteiger partial charge in [-0.3, -0.25) is 10.1 Å². The number of anilines is 1. The standard InChI is InChI=1S/C28H28N2O5/c1-3-17(2)25(27(32)33)30-26(31)18-12-14-19(15-13-18)29-28(34)35-16-24-22-10-6-4-8-20(22)21-9-5-7-11-23(21)24/h4-15,17,24-25H,3,16H2,1-2H3,(H,29,34)(H,30,31)(H,32,33)/t17-,25-/m0/s1. The van der Waals surface area contributed by atoms with Crippen molar-refractivity contribution < 1.29 is 24.2 Å². The fourth-order valence-electron chi connectivity index (χ4n) is 4.36. The third kappa shape index (κ3) is 5.19. The zero-order valence-electron chi connectivity index (χ0n) is 19.7. The molecule has 0 spiro atoms. The van der Waals surface area contributed by atoms with Crippen LogP contribution in [0, 0.1) is 5.92 Å². The van der Waals surface area contributed by atoms with Crippen molar-refractivity contribution >= 4 is 23.7 Å². The molecule has 2 amide bonds. The smallest absolute Gasteiger partial charge is 0.411 e. The van der Waals surface area contributed by atoms with Gasteiger partial charge >= 0.3 is 12.1 Å². The van der Waals surface area contributed by atoms with Gasteiger partial charge in [0.25, 0.3) is 5.91 Å². The highest BCUT2D eigenvalue weighted by Crippen LogP contribution is 2.44. The number of benzene rings is 3. The zero-order valence-corrected chi connectivity index (χ0v) is 19.7. The second-order valence-electron chi connectivity index (χ2n) is 8.70. The van der Waals surface area contributed by atoms with Gasteiger partial charge in [-0.2, -0.15) is 0 Å². The van der Waals surface area contributed by atoms with Gasteiger partial charge in [0.2, 0.25) is 0 Å². The number of fused-ring (bicyclic) bond motifs is 3. The Morgan fingerprint density at radius 3 is 2.03 bits per heavy atom. The molecule has 0 saturated heterocycles. The lowest BCUT2D eigenvalue weighted by Gasteiger charge is -2.20. The molecule has 3 aromatic carbocycles. The van der Waals surface area contributed by atoms with Gasteiger partial charge in [0.1, 0.15) is 12.6 Å². The first kappa shape index (κ1) is 24.0. The first-order chi connectivity index (χ1) is 16.9. The Kier molecular flexibility index (Phi) is 7.15. The molecule has 2 atom stereocenters. The number of carboxylic acid groups (broad SMARTS) is 1. The van der Waals surface area contributed by atoms with E-state index >= 15 is 0 Å². The monoisotopic (exact) mass is 472 g/mol. The summed E-state index contributed by atoms with van der Waals surface area (Å²) in [6.07, 6.45) is 0.0343. The maximum Gasteiger partial charge on any atom is 0.411 e. The first-order valence-electron chi connectivity index (χ1n) is 11.6.